The number of aryl methyl sites for hydroxylation is 1. The van der Waals surface area contributed by atoms with Crippen molar-refractivity contribution in [3.8, 4) is 5.69 Å². The minimum atomic E-state index is -0.553. The number of aromatic nitrogens is 2. The van der Waals surface area contributed by atoms with Crippen molar-refractivity contribution in [1.82, 2.24) is 14.5 Å². The molecule has 0 saturated carbocycles. The number of anilines is 1. The van der Waals surface area contributed by atoms with Gasteiger partial charge in [0.1, 0.15) is 5.82 Å². The van der Waals surface area contributed by atoms with Gasteiger partial charge in [0.15, 0.2) is 0 Å². The molecule has 0 radical (unpaired) electrons. The summed E-state index contributed by atoms with van der Waals surface area (Å²) in [4.78, 5) is 44.6. The number of nitrogens with zero attached hydrogens (tertiary/aromatic N) is 4. The number of benzene rings is 3. The molecule has 4 rings (SSSR count). The molecule has 9 nitrogen and oxygen atoms in total. The molecule has 0 aliphatic heterocycles. The van der Waals surface area contributed by atoms with E-state index < -0.39 is 11.0 Å². The molecule has 3 aromatic carbocycles. The van der Waals surface area contributed by atoms with Crippen molar-refractivity contribution in [2.75, 3.05) is 11.9 Å². The monoisotopic (exact) mass is 541 g/mol. The van der Waals surface area contributed by atoms with Crippen LogP contribution >= 0.6 is 0 Å². The van der Waals surface area contributed by atoms with Crippen molar-refractivity contribution in [2.45, 2.75) is 58.9 Å². The van der Waals surface area contributed by atoms with Crippen LogP contribution in [0.3, 0.4) is 0 Å². The predicted molar refractivity (Wildman–Crippen MR) is 158 cm³/mol. The van der Waals surface area contributed by atoms with Crippen LogP contribution < -0.4 is 10.9 Å². The van der Waals surface area contributed by atoms with Crippen LogP contribution in [0.15, 0.2) is 77.6 Å². The normalized spacial score (nSPS) is 11.8. The third-order valence-electron chi connectivity index (χ3n) is 7.09. The van der Waals surface area contributed by atoms with Gasteiger partial charge in [0.2, 0.25) is 0 Å². The van der Waals surface area contributed by atoms with Crippen molar-refractivity contribution < 1.29 is 9.72 Å². The maximum absolute atomic E-state index is 13.8. The van der Waals surface area contributed by atoms with Gasteiger partial charge >= 0.3 is 6.03 Å². The number of hydrogen-bond acceptors (Lipinski definition) is 5. The van der Waals surface area contributed by atoms with Gasteiger partial charge in [-0.25, -0.2) is 9.78 Å². The molecule has 0 aliphatic carbocycles. The topological polar surface area (TPSA) is 110 Å². The van der Waals surface area contributed by atoms with Crippen LogP contribution in [-0.4, -0.2) is 32.0 Å². The van der Waals surface area contributed by atoms with Crippen LogP contribution in [0.25, 0.3) is 16.6 Å². The highest BCUT2D eigenvalue weighted by Gasteiger charge is 2.27. The summed E-state index contributed by atoms with van der Waals surface area (Å²) in [7, 11) is 0. The molecular weight excluding hydrogens is 506 g/mol. The van der Waals surface area contributed by atoms with Gasteiger partial charge in [-0.2, -0.15) is 0 Å². The Morgan fingerprint density at radius 2 is 1.70 bits per heavy atom. The molecule has 0 spiro atoms. The SMILES string of the molecule is CCCCCCN(C(=O)Nc1ccc([N+](=O)[O-])cc1)C(C)c1nc2ccccc2c(=O)n1-c1ccc(CC)cc1. The summed E-state index contributed by atoms with van der Waals surface area (Å²) < 4.78 is 1.60. The molecule has 208 valence electrons. The zero-order valence-corrected chi connectivity index (χ0v) is 23.2. The number of carbonyl (C=O) groups is 1. The van der Waals surface area contributed by atoms with Crippen molar-refractivity contribution in [3.05, 3.63) is 105 Å². The molecule has 0 aliphatic rings. The van der Waals surface area contributed by atoms with Crippen LogP contribution in [-0.2, 0) is 6.42 Å². The number of unbranched alkanes of at least 4 members (excludes halogenated alkanes) is 3. The lowest BCUT2D eigenvalue weighted by molar-refractivity contribution is -0.384. The van der Waals surface area contributed by atoms with Crippen molar-refractivity contribution in [1.29, 1.82) is 0 Å². The van der Waals surface area contributed by atoms with Crippen LogP contribution in [0.2, 0.25) is 0 Å². The van der Waals surface area contributed by atoms with E-state index in [0.29, 0.717) is 34.6 Å². The third kappa shape index (κ3) is 6.36. The van der Waals surface area contributed by atoms with E-state index in [0.717, 1.165) is 37.7 Å². The Morgan fingerprint density at radius 1 is 1.00 bits per heavy atom. The molecule has 40 heavy (non-hydrogen) atoms. The first-order chi connectivity index (χ1) is 19.3. The van der Waals surface area contributed by atoms with Gasteiger partial charge in [0.25, 0.3) is 11.2 Å². The Labute approximate surface area is 233 Å². The largest absolute Gasteiger partial charge is 0.322 e. The lowest BCUT2D eigenvalue weighted by atomic mass is 10.1. The van der Waals surface area contributed by atoms with E-state index in [1.807, 2.05) is 43.3 Å². The minimum absolute atomic E-state index is 0.0544. The second kappa shape index (κ2) is 13.0. The fraction of sp³-hybridized carbons (Fsp3) is 0.323. The molecule has 1 heterocycles. The Hall–Kier alpha value is -4.53. The number of non-ortho nitro benzene ring substituents is 1. The molecule has 0 fully saturated rings. The molecule has 1 N–H and O–H groups in total. The number of nitro benzene ring substituents is 1. The highest BCUT2D eigenvalue weighted by molar-refractivity contribution is 5.89. The second-order valence-corrected chi connectivity index (χ2v) is 9.81. The summed E-state index contributed by atoms with van der Waals surface area (Å²) in [6, 6.07) is 19.8. The summed E-state index contributed by atoms with van der Waals surface area (Å²) in [5, 5.41) is 14.4. The van der Waals surface area contributed by atoms with Gasteiger partial charge in [-0.15, -0.1) is 0 Å². The number of carbonyl (C=O) groups excluding carboxylic acids is 1. The molecule has 2 amide bonds. The van der Waals surface area contributed by atoms with E-state index in [1.165, 1.54) is 24.3 Å². The Bertz CT molecular complexity index is 1530. The smallest absolute Gasteiger partial charge is 0.315 e. The summed E-state index contributed by atoms with van der Waals surface area (Å²) in [6.07, 6.45) is 4.73. The molecular formula is C31H35N5O4. The Morgan fingerprint density at radius 3 is 2.35 bits per heavy atom. The van der Waals surface area contributed by atoms with Gasteiger partial charge in [0, 0.05) is 24.4 Å². The lowest BCUT2D eigenvalue weighted by Gasteiger charge is -2.31. The molecule has 4 aromatic rings. The number of nitro groups is 1. The van der Waals surface area contributed by atoms with Crippen LogP contribution in [0.5, 0.6) is 0 Å². The summed E-state index contributed by atoms with van der Waals surface area (Å²) >= 11 is 0. The van der Waals surface area contributed by atoms with Gasteiger partial charge in [-0.05, 0) is 61.7 Å². The van der Waals surface area contributed by atoms with Crippen LogP contribution in [0.1, 0.15) is 63.9 Å². The Kier molecular flexibility index (Phi) is 9.27. The van der Waals surface area contributed by atoms with E-state index in [4.69, 9.17) is 4.98 Å². The molecule has 0 saturated heterocycles. The molecule has 1 unspecified atom stereocenters. The lowest BCUT2D eigenvalue weighted by Crippen LogP contribution is -2.40. The number of para-hydroxylation sites is 1. The number of urea groups is 1. The van der Waals surface area contributed by atoms with Gasteiger partial charge in [0.05, 0.1) is 27.6 Å². The van der Waals surface area contributed by atoms with Crippen molar-refractivity contribution >= 4 is 28.3 Å². The fourth-order valence-electron chi connectivity index (χ4n) is 4.74. The van der Waals surface area contributed by atoms with Gasteiger partial charge in [-0.1, -0.05) is 57.4 Å². The Balaban J connectivity index is 1.76. The quantitative estimate of drug-likeness (QED) is 0.124. The van der Waals surface area contributed by atoms with E-state index in [1.54, 1.807) is 21.6 Å². The van der Waals surface area contributed by atoms with Crippen LogP contribution in [0.4, 0.5) is 16.2 Å². The number of nitrogens with one attached hydrogen (secondary N) is 1. The van der Waals surface area contributed by atoms with Crippen LogP contribution in [0, 0.1) is 10.1 Å². The first-order valence-electron chi connectivity index (χ1n) is 13.8. The second-order valence-electron chi connectivity index (χ2n) is 9.81. The highest BCUT2D eigenvalue weighted by Crippen LogP contribution is 2.25. The zero-order valence-electron chi connectivity index (χ0n) is 23.2. The molecule has 9 heteroatoms. The van der Waals surface area contributed by atoms with Crippen molar-refractivity contribution in [2.24, 2.45) is 0 Å². The van der Waals surface area contributed by atoms with Gasteiger partial charge in [-0.3, -0.25) is 19.5 Å². The molecule has 1 atom stereocenters. The maximum Gasteiger partial charge on any atom is 0.322 e. The maximum atomic E-state index is 13.8. The number of amides is 2. The molecule has 1 aromatic heterocycles. The van der Waals surface area contributed by atoms with E-state index in [2.05, 4.69) is 19.2 Å². The summed E-state index contributed by atoms with van der Waals surface area (Å²) in [5.41, 5.74) is 2.60. The minimum Gasteiger partial charge on any atom is -0.315 e. The average Bonchev–Trinajstić information content (AvgIpc) is 2.97. The number of fused-ring (bicyclic) bond motifs is 1. The third-order valence-corrected chi connectivity index (χ3v) is 7.09. The zero-order chi connectivity index (χ0) is 28.6. The first-order valence-corrected chi connectivity index (χ1v) is 13.8. The highest BCUT2D eigenvalue weighted by atomic mass is 16.6. The fourth-order valence-corrected chi connectivity index (χ4v) is 4.74. The summed E-state index contributed by atoms with van der Waals surface area (Å²) in [5.74, 6) is 0.460. The van der Waals surface area contributed by atoms with E-state index in [-0.39, 0.29) is 17.3 Å². The first kappa shape index (κ1) is 28.5. The van der Waals surface area contributed by atoms with Gasteiger partial charge < -0.3 is 10.2 Å². The summed E-state index contributed by atoms with van der Waals surface area (Å²) in [6.45, 7) is 6.54. The van der Waals surface area contributed by atoms with Crippen molar-refractivity contribution in [3.63, 3.8) is 0 Å². The predicted octanol–water partition coefficient (Wildman–Crippen LogP) is 7.03. The van der Waals surface area contributed by atoms with E-state index >= 15 is 0 Å². The standard InChI is InChI=1S/C31H35N5O4/c1-4-6-7-10-21-34(31(38)32-24-15-19-26(20-16-24)36(39)40)22(3)29-33-28-12-9-8-11-27(28)30(37)35(29)25-17-13-23(5-2)14-18-25/h8-9,11-20,22H,4-7,10,21H2,1-3H3,(H,32,38). The number of hydrogen-bond donors (Lipinski definition) is 1. The average molecular weight is 542 g/mol. The van der Waals surface area contributed by atoms with E-state index in [9.17, 15) is 19.7 Å². The number of rotatable bonds is 11. The molecule has 0 bridgehead atoms.